The van der Waals surface area contributed by atoms with Crippen LogP contribution in [0, 0.1) is 20.8 Å². The summed E-state index contributed by atoms with van der Waals surface area (Å²) < 4.78 is 28.2. The van der Waals surface area contributed by atoms with Crippen LogP contribution in [0.5, 0.6) is 0 Å². The molecule has 2 aromatic heterocycles. The maximum atomic E-state index is 13.3. The number of benzene rings is 3. The molecule has 8 heteroatoms. The van der Waals surface area contributed by atoms with Crippen molar-refractivity contribution >= 4 is 37.9 Å². The van der Waals surface area contributed by atoms with E-state index in [9.17, 15) is 8.42 Å². The molecule has 0 spiro atoms. The van der Waals surface area contributed by atoms with Crippen LogP contribution in [0.3, 0.4) is 0 Å². The molecule has 0 aliphatic rings. The summed E-state index contributed by atoms with van der Waals surface area (Å²) >= 11 is 0. The van der Waals surface area contributed by atoms with E-state index < -0.39 is 9.84 Å². The zero-order chi connectivity index (χ0) is 22.5. The summed E-state index contributed by atoms with van der Waals surface area (Å²) in [6.45, 7) is 5.96. The zero-order valence-corrected chi connectivity index (χ0v) is 18.7. The van der Waals surface area contributed by atoms with E-state index in [-0.39, 0.29) is 15.6 Å². The summed E-state index contributed by atoms with van der Waals surface area (Å²) in [4.78, 5) is 4.83. The Balaban J connectivity index is 1.74. The van der Waals surface area contributed by atoms with Crippen LogP contribution in [-0.4, -0.2) is 28.2 Å². The second kappa shape index (κ2) is 7.42. The summed E-state index contributed by atoms with van der Waals surface area (Å²) in [6, 6.07) is 20.4. The van der Waals surface area contributed by atoms with Gasteiger partial charge in [0.25, 0.3) is 0 Å². The van der Waals surface area contributed by atoms with Crippen LogP contribution in [0.1, 0.15) is 16.7 Å². The molecule has 1 N–H and O–H groups in total. The van der Waals surface area contributed by atoms with Crippen LogP contribution in [-0.2, 0) is 9.84 Å². The van der Waals surface area contributed by atoms with E-state index in [1.54, 1.807) is 24.3 Å². The molecule has 0 atom stereocenters. The molecular weight excluding hydrogens is 422 g/mol. The summed E-state index contributed by atoms with van der Waals surface area (Å²) in [5.74, 6) is 0.542. The Morgan fingerprint density at radius 1 is 0.844 bits per heavy atom. The van der Waals surface area contributed by atoms with Crippen molar-refractivity contribution in [1.82, 2.24) is 19.8 Å². The number of hydrogen-bond acceptors (Lipinski definition) is 6. The lowest BCUT2D eigenvalue weighted by Gasteiger charge is -2.12. The van der Waals surface area contributed by atoms with E-state index in [1.165, 1.54) is 4.52 Å². The molecule has 7 nitrogen and oxygen atoms in total. The predicted octanol–water partition coefficient (Wildman–Crippen LogP) is 4.78. The first kappa shape index (κ1) is 20.1. The van der Waals surface area contributed by atoms with Crippen LogP contribution >= 0.6 is 0 Å². The maximum Gasteiger partial charge on any atom is 0.229 e. The van der Waals surface area contributed by atoms with E-state index >= 15 is 0 Å². The van der Waals surface area contributed by atoms with Gasteiger partial charge in [0.1, 0.15) is 5.82 Å². The summed E-state index contributed by atoms with van der Waals surface area (Å²) in [6.07, 6.45) is 0. The third-order valence-electron chi connectivity index (χ3n) is 5.29. The Morgan fingerprint density at radius 2 is 1.53 bits per heavy atom. The lowest BCUT2D eigenvalue weighted by atomic mass is 10.1. The van der Waals surface area contributed by atoms with Crippen LogP contribution in [0.2, 0.25) is 0 Å². The fraction of sp³-hybridized carbons (Fsp3) is 0.125. The monoisotopic (exact) mass is 443 g/mol. The van der Waals surface area contributed by atoms with Gasteiger partial charge in [-0.3, -0.25) is 0 Å². The highest BCUT2D eigenvalue weighted by atomic mass is 32.2. The smallest absolute Gasteiger partial charge is 0.229 e. The van der Waals surface area contributed by atoms with Crippen molar-refractivity contribution in [3.8, 4) is 0 Å². The second-order valence-corrected chi connectivity index (χ2v) is 9.79. The number of nitrogens with one attached hydrogen (secondary N) is 1. The zero-order valence-electron chi connectivity index (χ0n) is 17.9. The Morgan fingerprint density at radius 3 is 2.25 bits per heavy atom. The van der Waals surface area contributed by atoms with Crippen molar-refractivity contribution in [3.05, 3.63) is 83.4 Å². The van der Waals surface area contributed by atoms with Gasteiger partial charge in [0.05, 0.1) is 10.4 Å². The molecular formula is C24H21N5O2S. The van der Waals surface area contributed by atoms with Crippen LogP contribution in [0.4, 0.5) is 11.5 Å². The molecule has 0 radical (unpaired) electrons. The fourth-order valence-electron chi connectivity index (χ4n) is 3.83. The number of rotatable bonds is 4. The van der Waals surface area contributed by atoms with Crippen molar-refractivity contribution in [3.63, 3.8) is 0 Å². The largest absolute Gasteiger partial charge is 0.340 e. The third-order valence-corrected chi connectivity index (χ3v) is 6.96. The molecule has 0 aliphatic carbocycles. The third kappa shape index (κ3) is 3.38. The van der Waals surface area contributed by atoms with Crippen molar-refractivity contribution in [2.45, 2.75) is 30.7 Å². The summed E-state index contributed by atoms with van der Waals surface area (Å²) in [7, 11) is -3.90. The first-order valence-corrected chi connectivity index (χ1v) is 11.6. The van der Waals surface area contributed by atoms with E-state index in [2.05, 4.69) is 26.7 Å². The number of aromatic nitrogens is 4. The molecule has 0 saturated heterocycles. The average Bonchev–Trinajstić information content (AvgIpc) is 3.18. The number of sulfone groups is 1. The molecule has 3 aromatic carbocycles. The normalized spacial score (nSPS) is 11.8. The number of fused-ring (bicyclic) bond motifs is 3. The first-order valence-electron chi connectivity index (χ1n) is 10.1. The lowest BCUT2D eigenvalue weighted by Crippen LogP contribution is -2.06. The molecule has 0 fully saturated rings. The highest BCUT2D eigenvalue weighted by Gasteiger charge is 2.27. The van der Waals surface area contributed by atoms with Gasteiger partial charge in [-0.15, -0.1) is 5.10 Å². The van der Waals surface area contributed by atoms with Gasteiger partial charge in [0, 0.05) is 11.1 Å². The van der Waals surface area contributed by atoms with Crippen molar-refractivity contribution < 1.29 is 8.42 Å². The number of hydrogen-bond donors (Lipinski definition) is 1. The molecule has 0 amide bonds. The Bertz CT molecular complexity index is 1570. The Hall–Kier alpha value is -3.78. The molecule has 5 aromatic rings. The maximum absolute atomic E-state index is 13.3. The molecule has 2 heterocycles. The standard InChI is InChI=1S/C24H21N5O2S/c1-15-8-10-19(11-9-15)32(30,31)24-23-26-22(25-18-13-16(2)12-17(3)14-18)20-6-4-5-7-21(20)29(23)28-27-24/h4-14H,1-3H3,(H,25,26). The number of nitrogens with zero attached hydrogens (tertiary/aromatic N) is 4. The van der Waals surface area contributed by atoms with Gasteiger partial charge in [-0.25, -0.2) is 13.4 Å². The minimum absolute atomic E-state index is 0.157. The quantitative estimate of drug-likeness (QED) is 0.430. The van der Waals surface area contributed by atoms with Gasteiger partial charge in [0.15, 0.2) is 5.65 Å². The topological polar surface area (TPSA) is 89.2 Å². The van der Waals surface area contributed by atoms with Gasteiger partial charge < -0.3 is 5.32 Å². The van der Waals surface area contributed by atoms with Gasteiger partial charge in [0.2, 0.25) is 14.9 Å². The SMILES string of the molecule is Cc1ccc(S(=O)(=O)c2nnn3c2nc(Nc2cc(C)cc(C)c2)c2ccccc23)cc1. The van der Waals surface area contributed by atoms with E-state index in [0.717, 1.165) is 27.8 Å². The van der Waals surface area contributed by atoms with Gasteiger partial charge in [-0.1, -0.05) is 41.1 Å². The first-order chi connectivity index (χ1) is 15.3. The predicted molar refractivity (Wildman–Crippen MR) is 124 cm³/mol. The number of aryl methyl sites for hydroxylation is 3. The van der Waals surface area contributed by atoms with Crippen molar-refractivity contribution in [2.24, 2.45) is 0 Å². The molecule has 5 rings (SSSR count). The number of para-hydroxylation sites is 1. The molecule has 0 bridgehead atoms. The Kier molecular flexibility index (Phi) is 4.67. The summed E-state index contributed by atoms with van der Waals surface area (Å²) in [5, 5.41) is 12.2. The van der Waals surface area contributed by atoms with Crippen LogP contribution in [0.25, 0.3) is 16.6 Å². The van der Waals surface area contributed by atoms with Crippen molar-refractivity contribution in [1.29, 1.82) is 0 Å². The molecule has 0 unspecified atom stereocenters. The Labute approximate surface area is 185 Å². The minimum atomic E-state index is -3.90. The second-order valence-electron chi connectivity index (χ2n) is 7.93. The lowest BCUT2D eigenvalue weighted by molar-refractivity contribution is 0.592. The average molecular weight is 444 g/mol. The molecule has 32 heavy (non-hydrogen) atoms. The molecule has 160 valence electrons. The van der Waals surface area contributed by atoms with E-state index in [0.29, 0.717) is 11.3 Å². The van der Waals surface area contributed by atoms with Crippen LogP contribution in [0.15, 0.2) is 76.7 Å². The van der Waals surface area contributed by atoms with Gasteiger partial charge in [-0.05, 0) is 68.3 Å². The van der Waals surface area contributed by atoms with Crippen LogP contribution < -0.4 is 5.32 Å². The fourth-order valence-corrected chi connectivity index (χ4v) is 5.06. The highest BCUT2D eigenvalue weighted by Crippen LogP contribution is 2.30. The van der Waals surface area contributed by atoms with E-state index in [4.69, 9.17) is 0 Å². The summed E-state index contributed by atoms with van der Waals surface area (Å²) in [5.41, 5.74) is 4.97. The molecule has 0 saturated carbocycles. The molecule has 0 aliphatic heterocycles. The van der Waals surface area contributed by atoms with Gasteiger partial charge >= 0.3 is 0 Å². The minimum Gasteiger partial charge on any atom is -0.340 e. The van der Waals surface area contributed by atoms with Crippen molar-refractivity contribution in [2.75, 3.05) is 5.32 Å². The van der Waals surface area contributed by atoms with Gasteiger partial charge in [-0.2, -0.15) is 4.52 Å². The number of anilines is 2. The van der Waals surface area contributed by atoms with E-state index in [1.807, 2.05) is 57.2 Å². The highest BCUT2D eigenvalue weighted by molar-refractivity contribution is 7.91.